The quantitative estimate of drug-likeness (QED) is 0.333. The van der Waals surface area contributed by atoms with Crippen molar-refractivity contribution in [3.05, 3.63) is 61.9 Å². The number of aryl methyl sites for hydroxylation is 1. The Morgan fingerprint density at radius 3 is 2.33 bits per heavy atom. The van der Waals surface area contributed by atoms with Gasteiger partial charge in [0.15, 0.2) is 0 Å². The van der Waals surface area contributed by atoms with Crippen molar-refractivity contribution in [1.29, 1.82) is 0 Å². The molecule has 0 saturated carbocycles. The van der Waals surface area contributed by atoms with E-state index in [9.17, 15) is 0 Å². The van der Waals surface area contributed by atoms with Gasteiger partial charge in [0.2, 0.25) is 0 Å². The zero-order chi connectivity index (χ0) is 15.0. The molecule has 1 aromatic heterocycles. The van der Waals surface area contributed by atoms with Crippen LogP contribution < -0.4 is 0 Å². The molecule has 106 valence electrons. The zero-order valence-corrected chi connectivity index (χ0v) is 15.0. The summed E-state index contributed by atoms with van der Waals surface area (Å²) in [7, 11) is 3.29. The molecule has 0 spiro atoms. The van der Waals surface area contributed by atoms with Gasteiger partial charge in [0.1, 0.15) is 3.82 Å². The lowest BCUT2D eigenvalue weighted by Gasteiger charge is -2.07. The van der Waals surface area contributed by atoms with Crippen LogP contribution >= 0.6 is 56.1 Å². The molecule has 2 aromatic carbocycles. The van der Waals surface area contributed by atoms with Gasteiger partial charge in [-0.1, -0.05) is 92.0 Å². The summed E-state index contributed by atoms with van der Waals surface area (Å²) in [6.07, 6.45) is 0. The van der Waals surface area contributed by atoms with Gasteiger partial charge in [-0.15, -0.1) is 0 Å². The average molecular weight is 369 g/mol. The summed E-state index contributed by atoms with van der Waals surface area (Å²) in [5, 5.41) is 1.26. The molecular weight excluding hydrogens is 359 g/mol. The molecule has 3 aromatic rings. The van der Waals surface area contributed by atoms with Gasteiger partial charge < -0.3 is 0 Å². The van der Waals surface area contributed by atoms with E-state index in [0.717, 1.165) is 19.8 Å². The van der Waals surface area contributed by atoms with Gasteiger partial charge >= 0.3 is 0 Å². The van der Waals surface area contributed by atoms with E-state index in [-0.39, 0.29) is 0 Å². The second-order valence-corrected chi connectivity index (χ2v) is 8.31. The Hall–Kier alpha value is -0.710. The predicted molar refractivity (Wildman–Crippen MR) is 98.7 cm³/mol. The smallest absolute Gasteiger partial charge is 0.0843 e. The van der Waals surface area contributed by atoms with Gasteiger partial charge in [-0.05, 0) is 24.6 Å². The molecule has 0 fully saturated rings. The molecule has 0 nitrogen and oxygen atoms in total. The average Bonchev–Trinajstić information content (AvgIpc) is 2.82. The largest absolute Gasteiger partial charge is 0.110 e. The minimum absolute atomic E-state index is 0.630. The SMILES string of the molecule is Cc1ccc(-c2ssc(=S)c2-c2ccc(Cl)cc2Cl)cc1. The topological polar surface area (TPSA) is 0 Å². The number of halogens is 2. The van der Waals surface area contributed by atoms with Crippen LogP contribution in [0.5, 0.6) is 0 Å². The Kier molecular flexibility index (Phi) is 4.48. The number of benzene rings is 2. The maximum Gasteiger partial charge on any atom is 0.110 e. The first-order valence-electron chi connectivity index (χ1n) is 6.22. The van der Waals surface area contributed by atoms with Gasteiger partial charge in [0.05, 0.1) is 9.90 Å². The standard InChI is InChI=1S/C16H10Cl2S3/c1-9-2-4-10(5-3-9)15-14(16(19)21-20-15)12-7-6-11(17)8-13(12)18/h2-8H,1H3. The number of hydrogen-bond donors (Lipinski definition) is 0. The Labute approximate surface area is 146 Å². The molecular formula is C16H10Cl2S3. The first-order chi connectivity index (χ1) is 10.1. The Morgan fingerprint density at radius 2 is 1.67 bits per heavy atom. The first kappa shape index (κ1) is 15.2. The van der Waals surface area contributed by atoms with E-state index in [4.69, 9.17) is 35.4 Å². The van der Waals surface area contributed by atoms with Crippen LogP contribution in [0, 0.1) is 10.7 Å². The normalized spacial score (nSPS) is 10.8. The highest BCUT2D eigenvalue weighted by Gasteiger charge is 2.15. The van der Waals surface area contributed by atoms with Crippen molar-refractivity contribution in [1.82, 2.24) is 0 Å². The number of hydrogen-bond acceptors (Lipinski definition) is 3. The van der Waals surface area contributed by atoms with Gasteiger partial charge in [-0.3, -0.25) is 0 Å². The Balaban J connectivity index is 2.22. The lowest BCUT2D eigenvalue weighted by atomic mass is 10.0. The third kappa shape index (κ3) is 3.08. The van der Waals surface area contributed by atoms with E-state index in [2.05, 4.69) is 31.2 Å². The second-order valence-electron chi connectivity index (χ2n) is 4.65. The minimum Gasteiger partial charge on any atom is -0.0843 e. The molecule has 0 radical (unpaired) electrons. The van der Waals surface area contributed by atoms with Crippen molar-refractivity contribution in [3.8, 4) is 21.6 Å². The minimum atomic E-state index is 0.630. The predicted octanol–water partition coefficient (Wildman–Crippen LogP) is 7.49. The fraction of sp³-hybridized carbons (Fsp3) is 0.0625. The summed E-state index contributed by atoms with van der Waals surface area (Å²) < 4.78 is 0.861. The molecule has 0 unspecified atom stereocenters. The van der Waals surface area contributed by atoms with Crippen molar-refractivity contribution in [2.24, 2.45) is 0 Å². The van der Waals surface area contributed by atoms with Gasteiger partial charge in [0, 0.05) is 16.1 Å². The zero-order valence-electron chi connectivity index (χ0n) is 11.0. The molecule has 0 atom stereocenters. The molecule has 21 heavy (non-hydrogen) atoms. The third-order valence-corrected chi connectivity index (χ3v) is 6.76. The van der Waals surface area contributed by atoms with Gasteiger partial charge in [-0.25, -0.2) is 0 Å². The maximum absolute atomic E-state index is 6.36. The summed E-state index contributed by atoms with van der Waals surface area (Å²) in [5.41, 5.74) is 4.38. The lowest BCUT2D eigenvalue weighted by Crippen LogP contribution is -1.82. The van der Waals surface area contributed by atoms with E-state index in [1.54, 1.807) is 26.7 Å². The highest BCUT2D eigenvalue weighted by Crippen LogP contribution is 2.43. The molecule has 3 rings (SSSR count). The fourth-order valence-electron chi connectivity index (χ4n) is 2.08. The molecule has 0 aliphatic carbocycles. The van der Waals surface area contributed by atoms with Gasteiger partial charge in [0.25, 0.3) is 0 Å². The van der Waals surface area contributed by atoms with Crippen molar-refractivity contribution < 1.29 is 0 Å². The summed E-state index contributed by atoms with van der Waals surface area (Å²) >= 11 is 17.9. The van der Waals surface area contributed by atoms with Crippen LogP contribution in [0.1, 0.15) is 5.56 Å². The van der Waals surface area contributed by atoms with Crippen molar-refractivity contribution >= 4 is 56.1 Å². The molecule has 1 heterocycles. The second kappa shape index (κ2) is 6.19. The van der Waals surface area contributed by atoms with Crippen molar-refractivity contribution in [2.75, 3.05) is 0 Å². The van der Waals surface area contributed by atoms with Crippen LogP contribution in [0.2, 0.25) is 10.0 Å². The molecule has 0 bridgehead atoms. The van der Waals surface area contributed by atoms with Crippen molar-refractivity contribution in [2.45, 2.75) is 6.92 Å². The Bertz CT molecular complexity index is 845. The lowest BCUT2D eigenvalue weighted by molar-refractivity contribution is 1.48. The van der Waals surface area contributed by atoms with Crippen LogP contribution in [-0.2, 0) is 0 Å². The van der Waals surface area contributed by atoms with Crippen LogP contribution in [-0.4, -0.2) is 0 Å². The maximum atomic E-state index is 6.36. The van der Waals surface area contributed by atoms with Crippen molar-refractivity contribution in [3.63, 3.8) is 0 Å². The van der Waals surface area contributed by atoms with Crippen LogP contribution in [0.25, 0.3) is 21.6 Å². The first-order valence-corrected chi connectivity index (χ1v) is 9.53. The van der Waals surface area contributed by atoms with E-state index in [0.29, 0.717) is 10.0 Å². The summed E-state index contributed by atoms with van der Waals surface area (Å²) in [6, 6.07) is 14.0. The highest BCUT2D eigenvalue weighted by atomic mass is 35.5. The van der Waals surface area contributed by atoms with E-state index >= 15 is 0 Å². The molecule has 0 aliphatic heterocycles. The molecule has 0 N–H and O–H groups in total. The summed E-state index contributed by atoms with van der Waals surface area (Å²) in [4.78, 5) is 1.16. The molecule has 0 aliphatic rings. The fourth-order valence-corrected chi connectivity index (χ4v) is 5.48. The molecule has 5 heteroatoms. The Morgan fingerprint density at radius 1 is 0.952 bits per heavy atom. The van der Waals surface area contributed by atoms with Crippen LogP contribution in [0.4, 0.5) is 0 Å². The van der Waals surface area contributed by atoms with Gasteiger partial charge in [-0.2, -0.15) is 0 Å². The molecule has 0 amide bonds. The van der Waals surface area contributed by atoms with E-state index in [1.807, 2.05) is 12.1 Å². The summed E-state index contributed by atoms with van der Waals surface area (Å²) in [6.45, 7) is 2.08. The van der Waals surface area contributed by atoms with E-state index < -0.39 is 0 Å². The molecule has 0 saturated heterocycles. The summed E-state index contributed by atoms with van der Waals surface area (Å²) in [5.74, 6) is 0. The van der Waals surface area contributed by atoms with Crippen LogP contribution in [0.15, 0.2) is 42.5 Å². The van der Waals surface area contributed by atoms with Crippen LogP contribution in [0.3, 0.4) is 0 Å². The van der Waals surface area contributed by atoms with E-state index in [1.165, 1.54) is 11.1 Å². The monoisotopic (exact) mass is 368 g/mol. The number of rotatable bonds is 2. The highest BCUT2D eigenvalue weighted by molar-refractivity contribution is 7.80. The third-order valence-electron chi connectivity index (χ3n) is 3.15.